The lowest BCUT2D eigenvalue weighted by Gasteiger charge is -2.22. The fraction of sp³-hybridized carbons (Fsp3) is 0.341. The number of rotatable bonds is 10. The number of hydrogen-bond acceptors (Lipinski definition) is 7. The van der Waals surface area contributed by atoms with Gasteiger partial charge in [-0.15, -0.1) is 0 Å². The lowest BCUT2D eigenvalue weighted by atomic mass is 9.99. The summed E-state index contributed by atoms with van der Waals surface area (Å²) in [5, 5.41) is 10.1. The van der Waals surface area contributed by atoms with E-state index in [1.807, 2.05) is 90.1 Å². The van der Waals surface area contributed by atoms with Gasteiger partial charge < -0.3 is 31.2 Å². The van der Waals surface area contributed by atoms with E-state index < -0.39 is 23.4 Å². The molecule has 0 heterocycles. The molecule has 4 aromatic carbocycles. The number of carbonyl (C=O) groups is 3. The zero-order valence-electron chi connectivity index (χ0n) is 30.8. The number of halogens is 4. The van der Waals surface area contributed by atoms with Crippen LogP contribution in [0.15, 0.2) is 97.1 Å². The van der Waals surface area contributed by atoms with Gasteiger partial charge in [-0.1, -0.05) is 54.9 Å². The van der Waals surface area contributed by atoms with Crippen molar-refractivity contribution in [3.63, 3.8) is 0 Å². The largest absolute Gasteiger partial charge is 0.444 e. The number of nitrogens with one attached hydrogen (secondary N) is 3. The first-order valence-corrected chi connectivity index (χ1v) is 19.7. The van der Waals surface area contributed by atoms with Crippen molar-refractivity contribution in [2.75, 3.05) is 26.2 Å². The molecule has 54 heavy (non-hydrogen) atoms. The van der Waals surface area contributed by atoms with Crippen LogP contribution in [-0.2, 0) is 9.47 Å². The molecule has 0 spiro atoms. The van der Waals surface area contributed by atoms with E-state index in [-0.39, 0.29) is 19.3 Å². The number of hydrogen-bond donors (Lipinski definition) is 4. The van der Waals surface area contributed by atoms with Gasteiger partial charge in [0, 0.05) is 54.5 Å². The van der Waals surface area contributed by atoms with Gasteiger partial charge in [0.05, 0.1) is 6.04 Å². The molecule has 0 bridgehead atoms. The van der Waals surface area contributed by atoms with Gasteiger partial charge >= 0.3 is 12.2 Å². The molecule has 1 atom stereocenters. The molecule has 2 amide bonds. The Hall–Kier alpha value is -2.95. The molecule has 0 aromatic heterocycles. The molecule has 0 radical (unpaired) electrons. The van der Waals surface area contributed by atoms with Gasteiger partial charge in [-0.25, -0.2) is 9.59 Å². The summed E-state index contributed by atoms with van der Waals surface area (Å²) in [6.45, 7) is 12.9. The van der Waals surface area contributed by atoms with Crippen LogP contribution in [0.5, 0.6) is 0 Å². The van der Waals surface area contributed by atoms with E-state index in [1.165, 1.54) is 3.57 Å². The standard InChI is InChI=1S/C20H24ClIN2O2.C13H8ClIO.C7H16N2O2.CH4/c1-20(2,3)26-19(25)24-13-12-23-18(14-4-8-16(21)9-5-14)15-6-10-17(22)11-7-15;14-11-5-1-9(2-6-11)13(16)10-3-7-12(15)8-4-10;1-7(2,3)11-6(10)9-5-4-8;/h4-11,18,23H,12-13H2,1-3H3,(H,24,25);1-8H;4-5,8H2,1-3H3,(H,9,10);1H4. The second-order valence-electron chi connectivity index (χ2n) is 13.5. The Bertz CT molecular complexity index is 1620. The van der Waals surface area contributed by atoms with Gasteiger partial charge in [-0.3, -0.25) is 4.79 Å². The van der Waals surface area contributed by atoms with Gasteiger partial charge in [0.25, 0.3) is 0 Å². The minimum atomic E-state index is -0.495. The van der Waals surface area contributed by atoms with Crippen molar-refractivity contribution in [2.24, 2.45) is 5.73 Å². The first-order chi connectivity index (χ1) is 24.9. The number of alkyl carbamates (subject to hydrolysis) is 2. The maximum Gasteiger partial charge on any atom is 0.407 e. The molecule has 0 fully saturated rings. The summed E-state index contributed by atoms with van der Waals surface area (Å²) in [7, 11) is 0. The predicted octanol–water partition coefficient (Wildman–Crippen LogP) is 10.4. The SMILES string of the molecule is C.CC(C)(C)OC(=O)NCCN.CC(C)(C)OC(=O)NCCNC(c1ccc(Cl)cc1)c1ccc(I)cc1.O=C(c1ccc(Cl)cc1)c1ccc(I)cc1. The van der Waals surface area contributed by atoms with Crippen molar-refractivity contribution >= 4 is 86.4 Å². The fourth-order valence-electron chi connectivity index (χ4n) is 4.29. The molecule has 4 rings (SSSR count). The van der Waals surface area contributed by atoms with Crippen LogP contribution in [0.3, 0.4) is 0 Å². The van der Waals surface area contributed by atoms with Crippen LogP contribution in [0.25, 0.3) is 0 Å². The van der Waals surface area contributed by atoms with Crippen LogP contribution in [0.1, 0.15) is 82.1 Å². The first kappa shape index (κ1) is 49.1. The number of carbonyl (C=O) groups excluding carboxylic acids is 3. The van der Waals surface area contributed by atoms with E-state index in [2.05, 4.69) is 85.4 Å². The molecular weight excluding hydrogens is 953 g/mol. The molecule has 294 valence electrons. The smallest absolute Gasteiger partial charge is 0.407 e. The van der Waals surface area contributed by atoms with Crippen LogP contribution in [0, 0.1) is 7.14 Å². The Morgan fingerprint density at radius 2 is 0.963 bits per heavy atom. The van der Waals surface area contributed by atoms with E-state index >= 15 is 0 Å². The maximum absolute atomic E-state index is 12.0. The molecule has 9 nitrogen and oxygen atoms in total. The zero-order chi connectivity index (χ0) is 39.6. The fourth-order valence-corrected chi connectivity index (χ4v) is 5.26. The molecule has 0 saturated heterocycles. The van der Waals surface area contributed by atoms with Crippen LogP contribution in [0.2, 0.25) is 10.0 Å². The van der Waals surface area contributed by atoms with Crippen molar-refractivity contribution in [1.29, 1.82) is 0 Å². The monoisotopic (exact) mass is 1000 g/mol. The topological polar surface area (TPSA) is 132 Å². The normalized spacial score (nSPS) is 11.2. The van der Waals surface area contributed by atoms with Crippen molar-refractivity contribution in [1.82, 2.24) is 16.0 Å². The third-order valence-electron chi connectivity index (χ3n) is 6.57. The van der Waals surface area contributed by atoms with Crippen LogP contribution < -0.4 is 21.7 Å². The molecule has 0 aliphatic heterocycles. The molecular formula is C41H52Cl2I2N4O5. The minimum absolute atomic E-state index is 0. The molecule has 5 N–H and O–H groups in total. The highest BCUT2D eigenvalue weighted by molar-refractivity contribution is 14.1. The summed E-state index contributed by atoms with van der Waals surface area (Å²) in [5.74, 6) is 0.0214. The minimum Gasteiger partial charge on any atom is -0.444 e. The summed E-state index contributed by atoms with van der Waals surface area (Å²) in [5.41, 5.74) is 7.87. The van der Waals surface area contributed by atoms with Gasteiger partial charge in [-0.2, -0.15) is 0 Å². The maximum atomic E-state index is 12.0. The Kier molecular flexibility index (Phi) is 22.3. The Morgan fingerprint density at radius 3 is 1.37 bits per heavy atom. The number of ketones is 1. The Labute approximate surface area is 358 Å². The number of amides is 2. The lowest BCUT2D eigenvalue weighted by molar-refractivity contribution is 0.0517. The zero-order valence-corrected chi connectivity index (χ0v) is 36.6. The third kappa shape index (κ3) is 20.7. The molecule has 4 aromatic rings. The Morgan fingerprint density at radius 1 is 0.611 bits per heavy atom. The summed E-state index contributed by atoms with van der Waals surface area (Å²) in [6.07, 6.45) is -0.820. The summed E-state index contributed by atoms with van der Waals surface area (Å²) >= 11 is 16.3. The second-order valence-corrected chi connectivity index (χ2v) is 16.8. The van der Waals surface area contributed by atoms with Crippen molar-refractivity contribution in [2.45, 2.75) is 66.2 Å². The van der Waals surface area contributed by atoms with E-state index in [0.717, 1.165) is 14.7 Å². The highest BCUT2D eigenvalue weighted by Crippen LogP contribution is 2.24. The highest BCUT2D eigenvalue weighted by Gasteiger charge is 2.17. The number of nitrogens with two attached hydrogens (primary N) is 1. The highest BCUT2D eigenvalue weighted by atomic mass is 127. The van der Waals surface area contributed by atoms with Gasteiger partial charge in [0.15, 0.2) is 5.78 Å². The summed E-state index contributed by atoms with van der Waals surface area (Å²) in [4.78, 5) is 34.6. The summed E-state index contributed by atoms with van der Waals surface area (Å²) in [6, 6.07) is 30.6. The molecule has 13 heteroatoms. The van der Waals surface area contributed by atoms with Crippen molar-refractivity contribution < 1.29 is 23.9 Å². The number of benzene rings is 4. The quantitative estimate of drug-likeness (QED) is 0.0707. The average molecular weight is 1010 g/mol. The first-order valence-electron chi connectivity index (χ1n) is 16.8. The predicted molar refractivity (Wildman–Crippen MR) is 239 cm³/mol. The van der Waals surface area contributed by atoms with E-state index in [0.29, 0.717) is 47.4 Å². The average Bonchev–Trinajstić information content (AvgIpc) is 3.08. The van der Waals surface area contributed by atoms with Crippen molar-refractivity contribution in [3.05, 3.63) is 137 Å². The van der Waals surface area contributed by atoms with Crippen LogP contribution >= 0.6 is 68.4 Å². The van der Waals surface area contributed by atoms with Crippen molar-refractivity contribution in [3.8, 4) is 0 Å². The van der Waals surface area contributed by atoms with E-state index in [4.69, 9.17) is 38.4 Å². The van der Waals surface area contributed by atoms with Crippen LogP contribution in [-0.4, -0.2) is 55.4 Å². The van der Waals surface area contributed by atoms with E-state index in [1.54, 1.807) is 24.3 Å². The summed E-state index contributed by atoms with van der Waals surface area (Å²) < 4.78 is 12.5. The second kappa shape index (κ2) is 24.5. The van der Waals surface area contributed by atoms with Gasteiger partial charge in [0.1, 0.15) is 11.2 Å². The van der Waals surface area contributed by atoms with E-state index in [9.17, 15) is 14.4 Å². The lowest BCUT2D eigenvalue weighted by Crippen LogP contribution is -2.37. The molecule has 1 unspecified atom stereocenters. The number of ether oxygens (including phenoxy) is 2. The molecule has 0 saturated carbocycles. The molecule has 0 aliphatic carbocycles. The Balaban J connectivity index is 0.000000444. The molecule has 0 aliphatic rings. The van der Waals surface area contributed by atoms with Gasteiger partial charge in [0.2, 0.25) is 0 Å². The third-order valence-corrected chi connectivity index (χ3v) is 8.52. The van der Waals surface area contributed by atoms with Crippen LogP contribution in [0.4, 0.5) is 9.59 Å². The van der Waals surface area contributed by atoms with Gasteiger partial charge in [-0.05, 0) is 171 Å².